The molecule has 0 bridgehead atoms. The summed E-state index contributed by atoms with van der Waals surface area (Å²) < 4.78 is 0. The normalized spacial score (nSPS) is 18.3. The molecule has 132 valence electrons. The van der Waals surface area contributed by atoms with Crippen molar-refractivity contribution in [3.05, 3.63) is 35.0 Å². The summed E-state index contributed by atoms with van der Waals surface area (Å²) in [5.41, 5.74) is 0. The molecule has 21 heavy (non-hydrogen) atoms. The Morgan fingerprint density at radius 2 is 0.762 bits per heavy atom. The molecule has 1 rings (SSSR count). The number of hydrogen-bond acceptors (Lipinski definition) is 3. The van der Waals surface area contributed by atoms with Gasteiger partial charge in [-0.05, 0) is 52.1 Å². The molecule has 0 atom stereocenters. The monoisotopic (exact) mass is 335 g/mol. The molecule has 3 N–H and O–H groups in total. The Balaban J connectivity index is -0.000000171. The van der Waals surface area contributed by atoms with E-state index in [0.717, 1.165) is 52.4 Å². The standard InChI is InChI=1S/C12H27N4.4CH3.Ti/c1-5-13-7-2-9-15-11-4-12-16-10-3-8-14-6-1;;;;;/h13-15H,1-12H2;4*1H3;/q5*-1;. The van der Waals surface area contributed by atoms with Crippen LogP contribution in [0.4, 0.5) is 0 Å². The van der Waals surface area contributed by atoms with Crippen molar-refractivity contribution in [2.45, 2.75) is 25.7 Å². The summed E-state index contributed by atoms with van der Waals surface area (Å²) in [6.45, 7) is 8.80. The first-order chi connectivity index (χ1) is 8.00. The maximum absolute atomic E-state index is 4.51. The third kappa shape index (κ3) is 25.8. The van der Waals surface area contributed by atoms with Gasteiger partial charge >= 0.3 is 0 Å². The molecule has 5 heteroatoms. The first-order valence-electron chi connectivity index (χ1n) is 6.75. The van der Waals surface area contributed by atoms with Gasteiger partial charge in [-0.1, -0.05) is 12.8 Å². The zero-order valence-corrected chi connectivity index (χ0v) is 16.5. The minimum absolute atomic E-state index is 0. The molecule has 1 heterocycles. The Hall–Kier alpha value is 0.554. The van der Waals surface area contributed by atoms with Crippen molar-refractivity contribution in [3.8, 4) is 0 Å². The van der Waals surface area contributed by atoms with Crippen molar-refractivity contribution in [3.63, 3.8) is 0 Å². The molecular weight excluding hydrogens is 296 g/mol. The van der Waals surface area contributed by atoms with Crippen molar-refractivity contribution >= 4 is 0 Å². The molecule has 0 unspecified atom stereocenters. The van der Waals surface area contributed by atoms with Gasteiger partial charge in [0.15, 0.2) is 0 Å². The maximum atomic E-state index is 4.51. The molecule has 1 saturated heterocycles. The summed E-state index contributed by atoms with van der Waals surface area (Å²) in [6.07, 6.45) is 4.82. The molecule has 0 aliphatic carbocycles. The van der Waals surface area contributed by atoms with E-state index in [1.165, 1.54) is 25.7 Å². The van der Waals surface area contributed by atoms with E-state index in [0.29, 0.717) is 0 Å². The van der Waals surface area contributed by atoms with E-state index in [-0.39, 0.29) is 51.4 Å². The molecule has 0 aromatic carbocycles. The minimum atomic E-state index is 0. The van der Waals surface area contributed by atoms with Crippen molar-refractivity contribution in [1.29, 1.82) is 0 Å². The Kier molecular flexibility index (Phi) is 45.4. The van der Waals surface area contributed by atoms with E-state index in [2.05, 4.69) is 21.3 Å². The van der Waals surface area contributed by atoms with Gasteiger partial charge in [0.05, 0.1) is 0 Å². The van der Waals surface area contributed by atoms with E-state index >= 15 is 0 Å². The van der Waals surface area contributed by atoms with E-state index < -0.39 is 0 Å². The summed E-state index contributed by atoms with van der Waals surface area (Å²) in [5.74, 6) is 0. The fourth-order valence-electron chi connectivity index (χ4n) is 1.80. The molecule has 0 aromatic heterocycles. The average Bonchev–Trinajstić information content (AvgIpc) is 2.29. The van der Waals surface area contributed by atoms with Crippen LogP contribution in [-0.2, 0) is 21.7 Å². The summed E-state index contributed by atoms with van der Waals surface area (Å²) in [7, 11) is 0. The van der Waals surface area contributed by atoms with E-state index in [1.54, 1.807) is 0 Å². The number of hydrogen-bond donors (Lipinski definition) is 3. The summed E-state index contributed by atoms with van der Waals surface area (Å²) >= 11 is 0. The van der Waals surface area contributed by atoms with Crippen LogP contribution >= 0.6 is 0 Å². The quantitative estimate of drug-likeness (QED) is 0.471. The van der Waals surface area contributed by atoms with Crippen LogP contribution < -0.4 is 16.0 Å². The molecule has 1 aliphatic heterocycles. The molecule has 1 aliphatic rings. The second kappa shape index (κ2) is 28.7. The first-order valence-corrected chi connectivity index (χ1v) is 6.75. The molecule has 0 saturated carbocycles. The second-order valence-electron chi connectivity index (χ2n) is 4.34. The van der Waals surface area contributed by atoms with Gasteiger partial charge in [0.1, 0.15) is 0 Å². The van der Waals surface area contributed by atoms with Crippen molar-refractivity contribution in [2.75, 3.05) is 52.4 Å². The van der Waals surface area contributed by atoms with E-state index in [1.807, 2.05) is 0 Å². The number of rotatable bonds is 0. The Labute approximate surface area is 150 Å². The zero-order valence-electron chi connectivity index (χ0n) is 14.9. The number of nitrogens with zero attached hydrogens (tertiary/aromatic N) is 1. The molecule has 0 spiro atoms. The van der Waals surface area contributed by atoms with Gasteiger partial charge in [0, 0.05) is 21.7 Å². The molecule has 0 radical (unpaired) electrons. The molecule has 1 fully saturated rings. The number of nitrogens with one attached hydrogen (secondary N) is 3. The third-order valence-electron chi connectivity index (χ3n) is 2.75. The van der Waals surface area contributed by atoms with Gasteiger partial charge in [-0.3, -0.25) is 0 Å². The van der Waals surface area contributed by atoms with Crippen LogP contribution in [0.25, 0.3) is 5.32 Å². The topological polar surface area (TPSA) is 50.2 Å². The Morgan fingerprint density at radius 1 is 0.476 bits per heavy atom. The van der Waals surface area contributed by atoms with Gasteiger partial charge in [0.2, 0.25) is 0 Å². The van der Waals surface area contributed by atoms with Crippen molar-refractivity contribution in [2.24, 2.45) is 0 Å². The molecule has 0 amide bonds. The largest absolute Gasteiger partial charge is 0.662 e. The van der Waals surface area contributed by atoms with Crippen LogP contribution in [0.15, 0.2) is 0 Å². The molecule has 0 aromatic rings. The second-order valence-corrected chi connectivity index (χ2v) is 4.34. The van der Waals surface area contributed by atoms with Crippen LogP contribution in [0.2, 0.25) is 0 Å². The van der Waals surface area contributed by atoms with Gasteiger partial charge in [-0.15, -0.1) is 13.1 Å². The van der Waals surface area contributed by atoms with Gasteiger partial charge in [-0.2, -0.15) is 0 Å². The van der Waals surface area contributed by atoms with Crippen LogP contribution in [0, 0.1) is 29.7 Å². The first kappa shape index (κ1) is 33.2. The molecule has 4 nitrogen and oxygen atoms in total. The fourth-order valence-corrected chi connectivity index (χ4v) is 1.80. The van der Waals surface area contributed by atoms with Crippen molar-refractivity contribution < 1.29 is 21.7 Å². The molecular formula is C16H39N4Ti-5. The van der Waals surface area contributed by atoms with Crippen LogP contribution in [-0.4, -0.2) is 52.4 Å². The van der Waals surface area contributed by atoms with E-state index in [4.69, 9.17) is 0 Å². The Morgan fingerprint density at radius 3 is 1.10 bits per heavy atom. The van der Waals surface area contributed by atoms with Crippen molar-refractivity contribution in [1.82, 2.24) is 16.0 Å². The van der Waals surface area contributed by atoms with Gasteiger partial charge in [0.25, 0.3) is 0 Å². The summed E-state index contributed by atoms with van der Waals surface area (Å²) in [4.78, 5) is 0. The fraction of sp³-hybridized carbons (Fsp3) is 0.750. The SMILES string of the molecule is C1C[N-]CCCNCCCNCCCNC1.[CH3-].[CH3-].[CH3-].[CH3-].[Ti]. The summed E-state index contributed by atoms with van der Waals surface area (Å²) in [5, 5.41) is 14.9. The van der Waals surface area contributed by atoms with Crippen LogP contribution in [0.1, 0.15) is 25.7 Å². The maximum Gasteiger partial charge on any atom is 0 e. The zero-order chi connectivity index (χ0) is 11.3. The van der Waals surface area contributed by atoms with Gasteiger partial charge < -0.3 is 51.0 Å². The predicted octanol–water partition coefficient (Wildman–Crippen LogP) is 2.50. The van der Waals surface area contributed by atoms with E-state index in [9.17, 15) is 0 Å². The predicted molar refractivity (Wildman–Crippen MR) is 95.8 cm³/mol. The Bertz CT molecular complexity index is 84.2. The minimum Gasteiger partial charge on any atom is -0.662 e. The smallest absolute Gasteiger partial charge is 0 e. The average molecular weight is 335 g/mol. The van der Waals surface area contributed by atoms with Crippen LogP contribution in [0.3, 0.4) is 0 Å². The van der Waals surface area contributed by atoms with Crippen LogP contribution in [0.5, 0.6) is 0 Å². The van der Waals surface area contributed by atoms with Gasteiger partial charge in [-0.25, -0.2) is 0 Å². The summed E-state index contributed by atoms with van der Waals surface area (Å²) in [6, 6.07) is 0. The third-order valence-corrected chi connectivity index (χ3v) is 2.75.